The highest BCUT2D eigenvalue weighted by atomic mass is 127. The molecule has 2 aromatic rings. The van der Waals surface area contributed by atoms with E-state index in [1.807, 2.05) is 48.5 Å². The number of nitrogens with one attached hydrogen (secondary N) is 2. The highest BCUT2D eigenvalue weighted by molar-refractivity contribution is 14.1. The van der Waals surface area contributed by atoms with Crippen molar-refractivity contribution in [3.8, 4) is 0 Å². The molecule has 2 atom stereocenters. The number of aliphatic carboxylic acids is 1. The Balaban J connectivity index is 0.000000322. The Morgan fingerprint density at radius 1 is 0.756 bits per heavy atom. The number of carbonyl (C=O) groups is 4. The molecule has 2 aromatic carbocycles. The van der Waals surface area contributed by atoms with E-state index in [1.165, 1.54) is 0 Å². The van der Waals surface area contributed by atoms with E-state index >= 15 is 0 Å². The van der Waals surface area contributed by atoms with Crippen LogP contribution in [0.2, 0.25) is 0 Å². The summed E-state index contributed by atoms with van der Waals surface area (Å²) in [5.41, 5.74) is 0.562. The van der Waals surface area contributed by atoms with E-state index in [9.17, 15) is 19.2 Å². The summed E-state index contributed by atoms with van der Waals surface area (Å²) in [5.74, 6) is -1.19. The minimum Gasteiger partial charge on any atom is -0.480 e. The molecule has 0 aromatic heterocycles. The number of nitrogens with zero attached hydrogens (tertiary/aromatic N) is 1. The molecule has 0 unspecified atom stereocenters. The van der Waals surface area contributed by atoms with Gasteiger partial charge in [0.25, 0.3) is 0 Å². The first-order valence-electron chi connectivity index (χ1n) is 14.5. The molecule has 3 N–H and O–H groups in total. The molecule has 45 heavy (non-hydrogen) atoms. The molecule has 0 radical (unpaired) electrons. The number of ether oxygens (including phenoxy) is 3. The minimum absolute atomic E-state index is 0.104. The first-order valence-corrected chi connectivity index (χ1v) is 16.6. The Morgan fingerprint density at radius 2 is 1.13 bits per heavy atom. The third-order valence-corrected chi connectivity index (χ3v) is 7.45. The van der Waals surface area contributed by atoms with Crippen LogP contribution in [-0.4, -0.2) is 83.7 Å². The number of hydrogen-bond acceptors (Lipinski definition) is 7. The van der Waals surface area contributed by atoms with Gasteiger partial charge in [-0.1, -0.05) is 24.3 Å². The van der Waals surface area contributed by atoms with Crippen LogP contribution < -0.4 is 10.6 Å². The Bertz CT molecular complexity index is 1270. The standard InChI is InChI=1S/C18H25IN2O4.C14H18INO4/c1-18(2,3)25-17(23)20-15(12-13-4-6-14(19)7-5-13)16(22)21-8-10-24-11-9-21;1-14(2,3)20-13(19)16-11(12(17)18)8-9-4-6-10(15)7-5-9/h4-7,15H,8-12H2,1-3H3,(H,20,23);4-7,11H,8H2,1-3H3,(H,16,19)(H,17,18)/t15-;11-/m11/s1. The number of amides is 3. The lowest BCUT2D eigenvalue weighted by Gasteiger charge is -2.31. The Labute approximate surface area is 292 Å². The summed E-state index contributed by atoms with van der Waals surface area (Å²) in [7, 11) is 0. The number of rotatable bonds is 8. The van der Waals surface area contributed by atoms with Gasteiger partial charge in [-0.05, 0) is 122 Å². The van der Waals surface area contributed by atoms with Crippen molar-refractivity contribution in [2.45, 2.75) is 77.7 Å². The van der Waals surface area contributed by atoms with Crippen molar-refractivity contribution < 1.29 is 38.5 Å². The van der Waals surface area contributed by atoms with Gasteiger partial charge >= 0.3 is 18.2 Å². The first kappa shape index (κ1) is 38.5. The van der Waals surface area contributed by atoms with Crippen LogP contribution in [0.5, 0.6) is 0 Å². The van der Waals surface area contributed by atoms with Crippen molar-refractivity contribution in [2.75, 3.05) is 26.3 Å². The zero-order chi connectivity index (χ0) is 33.8. The second-order valence-corrected chi connectivity index (χ2v) is 14.8. The van der Waals surface area contributed by atoms with Gasteiger partial charge in [0.2, 0.25) is 5.91 Å². The van der Waals surface area contributed by atoms with Crippen LogP contribution in [0.3, 0.4) is 0 Å². The van der Waals surface area contributed by atoms with Gasteiger partial charge in [0.05, 0.1) is 13.2 Å². The van der Waals surface area contributed by atoms with Crippen molar-refractivity contribution in [3.63, 3.8) is 0 Å². The summed E-state index contributed by atoms with van der Waals surface area (Å²) in [5, 5.41) is 14.3. The van der Waals surface area contributed by atoms with E-state index in [0.29, 0.717) is 32.7 Å². The number of morpholine rings is 1. The molecule has 1 heterocycles. The van der Waals surface area contributed by atoms with Crippen LogP contribution in [0.25, 0.3) is 0 Å². The van der Waals surface area contributed by atoms with Crippen LogP contribution in [-0.2, 0) is 36.6 Å². The molecule has 11 nitrogen and oxygen atoms in total. The van der Waals surface area contributed by atoms with Gasteiger partial charge in [0, 0.05) is 33.1 Å². The van der Waals surface area contributed by atoms with Crippen molar-refractivity contribution in [2.24, 2.45) is 0 Å². The molecule has 1 saturated heterocycles. The molecule has 0 aliphatic carbocycles. The summed E-state index contributed by atoms with van der Waals surface area (Å²) in [6, 6.07) is 13.7. The summed E-state index contributed by atoms with van der Waals surface area (Å²) >= 11 is 4.41. The smallest absolute Gasteiger partial charge is 0.408 e. The monoisotopic (exact) mass is 851 g/mol. The predicted octanol–water partition coefficient (Wildman–Crippen LogP) is 5.40. The molecule has 1 aliphatic heterocycles. The van der Waals surface area contributed by atoms with E-state index in [-0.39, 0.29) is 12.3 Å². The van der Waals surface area contributed by atoms with Gasteiger partial charge in [0.15, 0.2) is 0 Å². The maximum atomic E-state index is 12.9. The maximum Gasteiger partial charge on any atom is 0.408 e. The second-order valence-electron chi connectivity index (χ2n) is 12.3. The van der Waals surface area contributed by atoms with Gasteiger partial charge in [-0.25, -0.2) is 14.4 Å². The average Bonchev–Trinajstić information content (AvgIpc) is 2.93. The zero-order valence-electron chi connectivity index (χ0n) is 26.5. The minimum atomic E-state index is -1.09. The van der Waals surface area contributed by atoms with Crippen molar-refractivity contribution in [3.05, 3.63) is 66.8 Å². The Morgan fingerprint density at radius 3 is 1.51 bits per heavy atom. The van der Waals surface area contributed by atoms with E-state index < -0.39 is 41.4 Å². The fraction of sp³-hybridized carbons (Fsp3) is 0.500. The Hall–Kier alpha value is -2.66. The number of carboxylic acids is 1. The predicted molar refractivity (Wildman–Crippen MR) is 187 cm³/mol. The van der Waals surface area contributed by atoms with Crippen molar-refractivity contribution >= 4 is 69.2 Å². The average molecular weight is 852 g/mol. The number of alkyl carbamates (subject to hydrolysis) is 2. The number of hydrogen-bond donors (Lipinski definition) is 3. The summed E-state index contributed by atoms with van der Waals surface area (Å²) in [6.07, 6.45) is -0.669. The number of carbonyl (C=O) groups excluding carboxylic acids is 3. The van der Waals surface area contributed by atoms with E-state index in [0.717, 1.165) is 18.3 Å². The van der Waals surface area contributed by atoms with Gasteiger partial charge in [-0.15, -0.1) is 0 Å². The maximum absolute atomic E-state index is 12.9. The molecule has 248 valence electrons. The van der Waals surface area contributed by atoms with Gasteiger partial charge < -0.3 is 34.9 Å². The fourth-order valence-corrected chi connectivity index (χ4v) is 4.74. The van der Waals surface area contributed by atoms with Gasteiger partial charge in [-0.3, -0.25) is 4.79 Å². The molecule has 1 aliphatic rings. The normalized spacial score (nSPS) is 14.6. The lowest BCUT2D eigenvalue weighted by Crippen LogP contribution is -2.53. The molecule has 3 amide bonds. The van der Waals surface area contributed by atoms with Gasteiger partial charge in [0.1, 0.15) is 23.3 Å². The highest BCUT2D eigenvalue weighted by Gasteiger charge is 2.29. The lowest BCUT2D eigenvalue weighted by atomic mass is 10.0. The third kappa shape index (κ3) is 15.9. The summed E-state index contributed by atoms with van der Waals surface area (Å²) < 4.78 is 17.9. The zero-order valence-corrected chi connectivity index (χ0v) is 30.8. The molecular formula is C32H43I2N3O8. The van der Waals surface area contributed by atoms with Crippen LogP contribution >= 0.6 is 45.2 Å². The first-order chi connectivity index (χ1) is 20.9. The highest BCUT2D eigenvalue weighted by Crippen LogP contribution is 2.14. The topological polar surface area (TPSA) is 144 Å². The molecule has 13 heteroatoms. The Kier molecular flexibility index (Phi) is 15.3. The SMILES string of the molecule is CC(C)(C)OC(=O)N[C@H](Cc1ccc(I)cc1)C(=O)N1CCOCC1.CC(C)(C)OC(=O)N[C@H](Cc1ccc(I)cc1)C(=O)O. The quantitative estimate of drug-likeness (QED) is 0.300. The van der Waals surface area contributed by atoms with Gasteiger partial charge in [-0.2, -0.15) is 0 Å². The number of halogens is 2. The van der Waals surface area contributed by atoms with Crippen LogP contribution in [0.4, 0.5) is 9.59 Å². The van der Waals surface area contributed by atoms with E-state index in [1.54, 1.807) is 46.4 Å². The van der Waals surface area contributed by atoms with E-state index in [2.05, 4.69) is 55.8 Å². The molecule has 0 bridgehead atoms. The van der Waals surface area contributed by atoms with Crippen molar-refractivity contribution in [1.82, 2.24) is 15.5 Å². The number of benzene rings is 2. The van der Waals surface area contributed by atoms with Crippen LogP contribution in [0, 0.1) is 7.14 Å². The summed E-state index contributed by atoms with van der Waals surface area (Å²) in [6.45, 7) is 12.7. The molecule has 0 spiro atoms. The molecule has 3 rings (SSSR count). The summed E-state index contributed by atoms with van der Waals surface area (Å²) in [4.78, 5) is 49.6. The largest absolute Gasteiger partial charge is 0.480 e. The number of carboxylic acid groups (broad SMARTS) is 1. The molecule has 0 saturated carbocycles. The van der Waals surface area contributed by atoms with Crippen molar-refractivity contribution in [1.29, 1.82) is 0 Å². The van der Waals surface area contributed by atoms with Crippen LogP contribution in [0.15, 0.2) is 48.5 Å². The fourth-order valence-electron chi connectivity index (χ4n) is 4.02. The second kappa shape index (κ2) is 17.9. The van der Waals surface area contributed by atoms with E-state index in [4.69, 9.17) is 19.3 Å². The molecular weight excluding hydrogens is 808 g/mol. The third-order valence-electron chi connectivity index (χ3n) is 6.01. The van der Waals surface area contributed by atoms with Crippen LogP contribution in [0.1, 0.15) is 52.7 Å². The molecule has 1 fully saturated rings. The lowest BCUT2D eigenvalue weighted by molar-refractivity contribution is -0.139.